The minimum atomic E-state index is -1.59. The highest BCUT2D eigenvalue weighted by Crippen LogP contribution is 2.19. The number of amides is 5. The maximum absolute atomic E-state index is 13.9. The first kappa shape index (κ1) is 49.3. The van der Waals surface area contributed by atoms with E-state index in [0.717, 1.165) is 25.7 Å². The lowest BCUT2D eigenvalue weighted by Gasteiger charge is -2.29. The van der Waals surface area contributed by atoms with Gasteiger partial charge in [0, 0.05) is 0 Å². The number of carboxylic acid groups (broad SMARTS) is 1. The van der Waals surface area contributed by atoms with Crippen molar-refractivity contribution in [2.75, 3.05) is 0 Å². The number of carbonyl (C=O) groups excluding carboxylic acids is 6. The third-order valence-corrected chi connectivity index (χ3v) is 10.0. The van der Waals surface area contributed by atoms with Crippen LogP contribution in [-0.4, -0.2) is 82.9 Å². The molecule has 316 valence electrons. The average molecular weight is 780 g/mol. The number of carboxylic acids is 1. The van der Waals surface area contributed by atoms with E-state index in [4.69, 9.17) is 4.74 Å². The van der Waals surface area contributed by atoms with Crippen molar-refractivity contribution in [2.24, 2.45) is 23.7 Å². The fourth-order valence-corrected chi connectivity index (χ4v) is 6.62. The second kappa shape index (κ2) is 26.2. The molecule has 7 atom stereocenters. The number of rotatable bonds is 19. The second-order valence-electron chi connectivity index (χ2n) is 16.6. The van der Waals surface area contributed by atoms with E-state index < -0.39 is 90.1 Å². The summed E-state index contributed by atoms with van der Waals surface area (Å²) >= 11 is 0. The van der Waals surface area contributed by atoms with Crippen molar-refractivity contribution in [3.63, 3.8) is 0 Å². The molecule has 1 saturated heterocycles. The maximum Gasteiger partial charge on any atom is 0.329 e. The van der Waals surface area contributed by atoms with Crippen LogP contribution in [0.3, 0.4) is 0 Å². The van der Waals surface area contributed by atoms with Gasteiger partial charge in [-0.25, -0.2) is 4.79 Å². The molecule has 0 bridgehead atoms. The van der Waals surface area contributed by atoms with E-state index in [1.54, 1.807) is 20.8 Å². The van der Waals surface area contributed by atoms with Crippen LogP contribution < -0.4 is 26.6 Å². The van der Waals surface area contributed by atoms with Crippen LogP contribution in [0.1, 0.15) is 159 Å². The molecule has 1 aliphatic heterocycles. The number of aliphatic carboxylic acids is 1. The van der Waals surface area contributed by atoms with Gasteiger partial charge in [0.2, 0.25) is 29.5 Å². The van der Waals surface area contributed by atoms with Gasteiger partial charge >= 0.3 is 11.9 Å². The zero-order chi connectivity index (χ0) is 41.7. The van der Waals surface area contributed by atoms with E-state index in [1.165, 1.54) is 25.7 Å². The van der Waals surface area contributed by atoms with Gasteiger partial charge in [0.05, 0.1) is 12.8 Å². The smallest absolute Gasteiger partial charge is 0.329 e. The molecule has 1 unspecified atom stereocenters. The van der Waals surface area contributed by atoms with Crippen molar-refractivity contribution in [3.05, 3.63) is 0 Å². The molecule has 14 heteroatoms. The predicted molar refractivity (Wildman–Crippen MR) is 211 cm³/mol. The number of hydrogen-bond donors (Lipinski definition) is 6. The Morgan fingerprint density at radius 1 is 0.636 bits per heavy atom. The number of carbonyl (C=O) groups is 7. The van der Waals surface area contributed by atoms with Crippen LogP contribution in [0, 0.1) is 23.7 Å². The van der Waals surface area contributed by atoms with E-state index in [2.05, 4.69) is 33.5 Å². The Bertz CT molecular complexity index is 1240. The van der Waals surface area contributed by atoms with Gasteiger partial charge in [0.15, 0.2) is 0 Å². The Morgan fingerprint density at radius 2 is 1.11 bits per heavy atom. The van der Waals surface area contributed by atoms with Gasteiger partial charge in [-0.3, -0.25) is 28.8 Å². The van der Waals surface area contributed by atoms with Gasteiger partial charge in [-0.1, -0.05) is 120 Å². The molecule has 55 heavy (non-hydrogen) atoms. The Hall–Kier alpha value is -3.71. The van der Waals surface area contributed by atoms with Gasteiger partial charge in [-0.15, -0.1) is 0 Å². The number of unbranched alkanes of at least 4 members (excludes halogenated alkanes) is 8. The van der Waals surface area contributed by atoms with Crippen LogP contribution in [0.25, 0.3) is 0 Å². The summed E-state index contributed by atoms with van der Waals surface area (Å²) in [6, 6.07) is -6.09. The number of esters is 1. The van der Waals surface area contributed by atoms with E-state index in [0.29, 0.717) is 19.3 Å². The first-order valence-corrected chi connectivity index (χ1v) is 20.8. The Kier molecular flexibility index (Phi) is 23.5. The van der Waals surface area contributed by atoms with Crippen LogP contribution in [0.2, 0.25) is 0 Å². The largest absolute Gasteiger partial charge is 0.481 e. The second-order valence-corrected chi connectivity index (χ2v) is 16.6. The van der Waals surface area contributed by atoms with Gasteiger partial charge in [0.25, 0.3) is 0 Å². The molecule has 1 rings (SSSR count). The van der Waals surface area contributed by atoms with Crippen molar-refractivity contribution in [2.45, 2.75) is 195 Å². The summed E-state index contributed by atoms with van der Waals surface area (Å²) in [5.74, 6) is -6.57. The van der Waals surface area contributed by atoms with Crippen LogP contribution in [0.15, 0.2) is 0 Å². The number of nitrogens with one attached hydrogen (secondary N) is 5. The van der Waals surface area contributed by atoms with Gasteiger partial charge in [-0.2, -0.15) is 0 Å². The quantitative estimate of drug-likeness (QED) is 0.0776. The maximum atomic E-state index is 13.9. The third-order valence-electron chi connectivity index (χ3n) is 10.0. The molecule has 1 heterocycles. The molecular weight excluding hydrogens is 706 g/mol. The number of hydrogen-bond acceptors (Lipinski definition) is 8. The predicted octanol–water partition coefficient (Wildman–Crippen LogP) is 4.92. The fraction of sp³-hybridized carbons (Fsp3) is 0.829. The van der Waals surface area contributed by atoms with E-state index in [1.807, 2.05) is 34.6 Å². The molecule has 0 aromatic heterocycles. The first-order valence-electron chi connectivity index (χ1n) is 20.8. The number of cyclic esters (lactones) is 1. The summed E-state index contributed by atoms with van der Waals surface area (Å²) < 4.78 is 6.02. The number of ether oxygens (including phenoxy) is 1. The molecule has 0 aromatic carbocycles. The first-order chi connectivity index (χ1) is 25.9. The Balaban J connectivity index is 3.60. The summed E-state index contributed by atoms with van der Waals surface area (Å²) in [6.07, 6.45) is 9.22. The van der Waals surface area contributed by atoms with Crippen molar-refractivity contribution in [1.82, 2.24) is 26.6 Å². The molecular formula is C41H73N5O9. The van der Waals surface area contributed by atoms with Gasteiger partial charge in [-0.05, 0) is 49.4 Å². The zero-order valence-corrected chi connectivity index (χ0v) is 35.1. The molecule has 0 saturated carbocycles. The third kappa shape index (κ3) is 19.6. The fourth-order valence-electron chi connectivity index (χ4n) is 6.62. The highest BCUT2D eigenvalue weighted by atomic mass is 16.5. The minimum absolute atomic E-state index is 0.0260. The molecule has 0 aromatic rings. The standard InChI is InChI=1S/C41H73N5O9/c1-10-12-13-14-15-16-17-18-19-20-29-23-33(47)42-30(21-25(3)4)38(51)45-35(27(7)8)40(53)44-32(24-34(48)49)37(50)43-31(22-26(5)6)39(52)46-36(28(9)11-2)41(54)55-29/h25-32,35-36H,10-24H2,1-9H3,(H,42,47)(H,43,50)(H,44,53)(H,45,51)(H,46,52)(H,48,49)/t28-,29?,30+,31+,32-,35-,36-/m0/s1. The average Bonchev–Trinajstić information content (AvgIpc) is 3.09. The van der Waals surface area contributed by atoms with Crippen LogP contribution in [-0.2, 0) is 38.3 Å². The summed E-state index contributed by atoms with van der Waals surface area (Å²) in [6.45, 7) is 16.7. The zero-order valence-electron chi connectivity index (χ0n) is 35.1. The van der Waals surface area contributed by atoms with Crippen LogP contribution in [0.5, 0.6) is 0 Å². The summed E-state index contributed by atoms with van der Waals surface area (Å²) in [7, 11) is 0. The van der Waals surface area contributed by atoms with Crippen molar-refractivity contribution < 1.29 is 43.4 Å². The summed E-state index contributed by atoms with van der Waals surface area (Å²) in [5, 5.41) is 23.0. The topological polar surface area (TPSA) is 209 Å². The molecule has 1 fully saturated rings. The van der Waals surface area contributed by atoms with Crippen LogP contribution in [0.4, 0.5) is 0 Å². The summed E-state index contributed by atoms with van der Waals surface area (Å²) in [4.78, 5) is 94.2. The lowest BCUT2D eigenvalue weighted by Crippen LogP contribution is -2.60. The lowest BCUT2D eigenvalue weighted by atomic mass is 9.97. The minimum Gasteiger partial charge on any atom is -0.481 e. The van der Waals surface area contributed by atoms with Crippen molar-refractivity contribution in [1.29, 1.82) is 0 Å². The summed E-state index contributed by atoms with van der Waals surface area (Å²) in [5.41, 5.74) is 0. The normalized spacial score (nSPS) is 24.5. The molecule has 1 aliphatic rings. The highest BCUT2D eigenvalue weighted by Gasteiger charge is 2.37. The molecule has 0 spiro atoms. The molecule has 5 amide bonds. The van der Waals surface area contributed by atoms with Gasteiger partial charge < -0.3 is 36.4 Å². The SMILES string of the molecule is CCCCCCCCCCCC1CC(=O)N[C@H](CC(C)C)C(=O)N[C@@H](C(C)C)C(=O)N[C@@H](CC(=O)O)C(=O)N[C@H](CC(C)C)C(=O)N[C@@H]([C@@H](C)CC)C(=O)O1. The van der Waals surface area contributed by atoms with E-state index in [9.17, 15) is 38.7 Å². The van der Waals surface area contributed by atoms with E-state index >= 15 is 0 Å². The monoisotopic (exact) mass is 780 g/mol. The highest BCUT2D eigenvalue weighted by molar-refractivity contribution is 5.97. The van der Waals surface area contributed by atoms with Gasteiger partial charge in [0.1, 0.15) is 36.3 Å². The van der Waals surface area contributed by atoms with Crippen molar-refractivity contribution in [3.8, 4) is 0 Å². The molecule has 0 aliphatic carbocycles. The van der Waals surface area contributed by atoms with Crippen LogP contribution >= 0.6 is 0 Å². The molecule has 14 nitrogen and oxygen atoms in total. The molecule has 6 N–H and O–H groups in total. The molecule has 0 radical (unpaired) electrons. The lowest BCUT2D eigenvalue weighted by molar-refractivity contribution is -0.156. The van der Waals surface area contributed by atoms with Crippen molar-refractivity contribution >= 4 is 41.5 Å². The van der Waals surface area contributed by atoms with E-state index in [-0.39, 0.29) is 37.0 Å². The Labute approximate surface area is 329 Å². The Morgan fingerprint density at radius 3 is 1.60 bits per heavy atom.